The Hall–Kier alpha value is -2.71. The first-order chi connectivity index (χ1) is 13.9. The predicted octanol–water partition coefficient (Wildman–Crippen LogP) is 3.10. The SMILES string of the molecule is O=C(C[C@H]1OC(=O)c2ccccc21)Nc1ccc(S(=O)(=O)N2CCCCC2)cc1. The molecule has 1 amide bonds. The van der Waals surface area contributed by atoms with Crippen LogP contribution >= 0.6 is 0 Å². The van der Waals surface area contributed by atoms with Gasteiger partial charge in [0.25, 0.3) is 0 Å². The Morgan fingerprint density at radius 2 is 1.72 bits per heavy atom. The van der Waals surface area contributed by atoms with E-state index >= 15 is 0 Å². The molecule has 0 saturated carbocycles. The Balaban J connectivity index is 1.40. The average Bonchev–Trinajstić information content (AvgIpc) is 3.04. The summed E-state index contributed by atoms with van der Waals surface area (Å²) < 4.78 is 32.2. The number of carbonyl (C=O) groups is 2. The van der Waals surface area contributed by atoms with Gasteiger partial charge in [0, 0.05) is 24.3 Å². The molecule has 0 spiro atoms. The van der Waals surface area contributed by atoms with Gasteiger partial charge < -0.3 is 10.1 Å². The monoisotopic (exact) mass is 414 g/mol. The highest BCUT2D eigenvalue weighted by Crippen LogP contribution is 2.33. The second-order valence-electron chi connectivity index (χ2n) is 7.22. The zero-order valence-corrected chi connectivity index (χ0v) is 16.7. The van der Waals surface area contributed by atoms with Crippen LogP contribution in [0, 0.1) is 0 Å². The molecule has 29 heavy (non-hydrogen) atoms. The molecule has 0 radical (unpaired) electrons. The van der Waals surface area contributed by atoms with Gasteiger partial charge in [0.2, 0.25) is 15.9 Å². The maximum Gasteiger partial charge on any atom is 0.339 e. The highest BCUT2D eigenvalue weighted by molar-refractivity contribution is 7.89. The van der Waals surface area contributed by atoms with E-state index in [4.69, 9.17) is 4.74 Å². The van der Waals surface area contributed by atoms with Crippen molar-refractivity contribution in [2.45, 2.75) is 36.7 Å². The van der Waals surface area contributed by atoms with Crippen molar-refractivity contribution < 1.29 is 22.7 Å². The highest BCUT2D eigenvalue weighted by atomic mass is 32.2. The summed E-state index contributed by atoms with van der Waals surface area (Å²) in [5.74, 6) is -0.739. The molecule has 2 aliphatic rings. The van der Waals surface area contributed by atoms with Gasteiger partial charge in [-0.1, -0.05) is 24.6 Å². The van der Waals surface area contributed by atoms with Gasteiger partial charge in [-0.05, 0) is 43.2 Å². The Kier molecular flexibility index (Phi) is 5.38. The van der Waals surface area contributed by atoms with Gasteiger partial charge in [0.15, 0.2) is 0 Å². The van der Waals surface area contributed by atoms with E-state index in [1.807, 2.05) is 0 Å². The third-order valence-corrected chi connectivity index (χ3v) is 7.15. The summed E-state index contributed by atoms with van der Waals surface area (Å²) in [6.45, 7) is 1.09. The Bertz CT molecular complexity index is 1030. The molecule has 1 fully saturated rings. The summed E-state index contributed by atoms with van der Waals surface area (Å²) in [5.41, 5.74) is 1.68. The fourth-order valence-corrected chi connectivity index (χ4v) is 5.23. The molecule has 1 atom stereocenters. The number of hydrogen-bond acceptors (Lipinski definition) is 5. The summed E-state index contributed by atoms with van der Waals surface area (Å²) >= 11 is 0. The van der Waals surface area contributed by atoms with Crippen molar-refractivity contribution in [2.24, 2.45) is 0 Å². The van der Waals surface area contributed by atoms with Crippen molar-refractivity contribution in [1.82, 2.24) is 4.31 Å². The number of nitrogens with zero attached hydrogens (tertiary/aromatic N) is 1. The molecule has 0 aliphatic carbocycles. The molecular weight excluding hydrogens is 392 g/mol. The summed E-state index contributed by atoms with van der Waals surface area (Å²) in [6, 6.07) is 13.2. The third-order valence-electron chi connectivity index (χ3n) is 5.24. The van der Waals surface area contributed by atoms with E-state index in [2.05, 4.69) is 5.32 Å². The van der Waals surface area contributed by atoms with E-state index < -0.39 is 22.1 Å². The second kappa shape index (κ2) is 7.96. The molecule has 1 saturated heterocycles. The number of piperidine rings is 1. The first-order valence-corrected chi connectivity index (χ1v) is 11.1. The van der Waals surface area contributed by atoms with Crippen LogP contribution < -0.4 is 5.32 Å². The average molecular weight is 414 g/mol. The van der Waals surface area contributed by atoms with E-state index in [1.54, 1.807) is 36.4 Å². The standard InChI is InChI=1S/C21H22N2O5S/c24-20(14-19-17-6-2-3-7-18(17)21(25)28-19)22-15-8-10-16(11-9-15)29(26,27)23-12-4-1-5-13-23/h2-3,6-11,19H,1,4-5,12-14H2,(H,22,24)/t19-/m1/s1. The fourth-order valence-electron chi connectivity index (χ4n) is 3.72. The van der Waals surface area contributed by atoms with Gasteiger partial charge in [0.05, 0.1) is 16.9 Å². The van der Waals surface area contributed by atoms with Crippen LogP contribution in [-0.2, 0) is 19.6 Å². The number of carbonyl (C=O) groups excluding carboxylic acids is 2. The Labute approximate surface area is 169 Å². The lowest BCUT2D eigenvalue weighted by Crippen LogP contribution is -2.35. The van der Waals surface area contributed by atoms with Crippen LogP contribution in [0.4, 0.5) is 5.69 Å². The molecular formula is C21H22N2O5S. The lowest BCUT2D eigenvalue weighted by molar-refractivity contribution is -0.118. The number of anilines is 1. The molecule has 1 N–H and O–H groups in total. The molecule has 2 aromatic rings. The van der Waals surface area contributed by atoms with Crippen molar-refractivity contribution in [1.29, 1.82) is 0 Å². The number of nitrogens with one attached hydrogen (secondary N) is 1. The Morgan fingerprint density at radius 3 is 2.45 bits per heavy atom. The van der Waals surface area contributed by atoms with E-state index in [9.17, 15) is 18.0 Å². The van der Waals surface area contributed by atoms with Crippen LogP contribution in [-0.4, -0.2) is 37.7 Å². The molecule has 8 heteroatoms. The molecule has 0 unspecified atom stereocenters. The summed E-state index contributed by atoms with van der Waals surface area (Å²) in [7, 11) is -3.50. The fraction of sp³-hybridized carbons (Fsp3) is 0.333. The van der Waals surface area contributed by atoms with E-state index in [1.165, 1.54) is 16.4 Å². The molecule has 2 aliphatic heterocycles. The minimum Gasteiger partial charge on any atom is -0.453 e. The van der Waals surface area contributed by atoms with E-state index in [0.29, 0.717) is 29.9 Å². The van der Waals surface area contributed by atoms with Gasteiger partial charge in [-0.3, -0.25) is 4.79 Å². The number of cyclic esters (lactones) is 1. The second-order valence-corrected chi connectivity index (χ2v) is 9.16. The number of amides is 1. The molecule has 2 heterocycles. The maximum atomic E-state index is 12.7. The van der Waals surface area contributed by atoms with Crippen LogP contribution in [0.3, 0.4) is 0 Å². The predicted molar refractivity (Wildman–Crippen MR) is 107 cm³/mol. The van der Waals surface area contributed by atoms with Crippen molar-refractivity contribution in [2.75, 3.05) is 18.4 Å². The maximum absolute atomic E-state index is 12.7. The van der Waals surface area contributed by atoms with Gasteiger partial charge in [-0.15, -0.1) is 0 Å². The molecule has 152 valence electrons. The number of benzene rings is 2. The minimum absolute atomic E-state index is 0.00339. The van der Waals surface area contributed by atoms with Gasteiger partial charge >= 0.3 is 5.97 Å². The van der Waals surface area contributed by atoms with Gasteiger partial charge in [-0.2, -0.15) is 4.31 Å². The van der Waals surface area contributed by atoms with Crippen LogP contribution in [0.25, 0.3) is 0 Å². The molecule has 7 nitrogen and oxygen atoms in total. The normalized spacial score (nSPS) is 19.4. The number of esters is 1. The lowest BCUT2D eigenvalue weighted by Gasteiger charge is -2.25. The largest absolute Gasteiger partial charge is 0.453 e. The minimum atomic E-state index is -3.50. The molecule has 0 aromatic heterocycles. The van der Waals surface area contributed by atoms with Crippen molar-refractivity contribution in [3.8, 4) is 0 Å². The quantitative estimate of drug-likeness (QED) is 0.759. The number of hydrogen-bond donors (Lipinski definition) is 1. The number of ether oxygens (including phenoxy) is 1. The van der Waals surface area contributed by atoms with Crippen LogP contribution in [0.5, 0.6) is 0 Å². The Morgan fingerprint density at radius 1 is 1.03 bits per heavy atom. The number of fused-ring (bicyclic) bond motifs is 1. The number of sulfonamides is 1. The molecule has 2 aromatic carbocycles. The first-order valence-electron chi connectivity index (χ1n) is 9.65. The van der Waals surface area contributed by atoms with Crippen molar-refractivity contribution >= 4 is 27.6 Å². The van der Waals surface area contributed by atoms with Crippen LogP contribution in [0.2, 0.25) is 0 Å². The summed E-state index contributed by atoms with van der Waals surface area (Å²) in [4.78, 5) is 24.5. The first kappa shape index (κ1) is 19.6. The van der Waals surface area contributed by atoms with Gasteiger partial charge in [0.1, 0.15) is 6.10 Å². The molecule has 0 bridgehead atoms. The third kappa shape index (κ3) is 4.04. The lowest BCUT2D eigenvalue weighted by atomic mass is 10.0. The summed E-state index contributed by atoms with van der Waals surface area (Å²) in [5, 5.41) is 2.73. The van der Waals surface area contributed by atoms with Crippen molar-refractivity contribution in [3.63, 3.8) is 0 Å². The van der Waals surface area contributed by atoms with Crippen LogP contribution in [0.1, 0.15) is 47.7 Å². The zero-order valence-electron chi connectivity index (χ0n) is 15.8. The summed E-state index contributed by atoms with van der Waals surface area (Å²) in [6.07, 6.45) is 2.19. The highest BCUT2D eigenvalue weighted by Gasteiger charge is 2.32. The van der Waals surface area contributed by atoms with E-state index in [0.717, 1.165) is 19.3 Å². The van der Waals surface area contributed by atoms with Gasteiger partial charge in [-0.25, -0.2) is 13.2 Å². The van der Waals surface area contributed by atoms with E-state index in [-0.39, 0.29) is 17.2 Å². The smallest absolute Gasteiger partial charge is 0.339 e. The molecule has 4 rings (SSSR count). The van der Waals surface area contributed by atoms with Crippen molar-refractivity contribution in [3.05, 3.63) is 59.7 Å². The zero-order chi connectivity index (χ0) is 20.4. The number of rotatable bonds is 5. The topological polar surface area (TPSA) is 92.8 Å². The van der Waals surface area contributed by atoms with Crippen LogP contribution in [0.15, 0.2) is 53.4 Å².